The quantitative estimate of drug-likeness (QED) is 0.142. The lowest BCUT2D eigenvalue weighted by molar-refractivity contribution is -0.185. The molecular weight excluding hydrogens is 502 g/mol. The third-order valence-electron chi connectivity index (χ3n) is 12.7. The first-order valence-corrected chi connectivity index (χ1v) is 16.3. The van der Waals surface area contributed by atoms with Gasteiger partial charge >= 0.3 is 0 Å². The zero-order chi connectivity index (χ0) is 28.4. The number of likely N-dealkylation sites (N-methyl/N-ethyl adjacent to an activating group) is 1. The molecule has 40 heavy (non-hydrogen) atoms. The fraction of sp³-hybridized carbons (Fsp3) is 0.909. The summed E-state index contributed by atoms with van der Waals surface area (Å²) in [6, 6.07) is 0. The molecule has 5 rings (SSSR count). The number of oxime groups is 1. The molecule has 4 aliphatic carbocycles. The lowest BCUT2D eigenvalue weighted by Crippen LogP contribution is -2.60. The van der Waals surface area contributed by atoms with Crippen LogP contribution in [0.15, 0.2) is 5.16 Å². The SMILES string of the molecule is CN(C)CCO/N=C/[C@H]1CCC2(C=O)[C@@H]3CC[C@@H]4C[C@@](C=O)(OCCCN5CCCC5)CC[C@]4(C)[C@H]3CC[C@]12C. The first kappa shape index (κ1) is 30.2. The van der Waals surface area contributed by atoms with E-state index in [2.05, 4.69) is 28.8 Å². The molecule has 4 saturated carbocycles. The van der Waals surface area contributed by atoms with Gasteiger partial charge < -0.3 is 29.0 Å². The summed E-state index contributed by atoms with van der Waals surface area (Å²) < 4.78 is 6.44. The van der Waals surface area contributed by atoms with Crippen LogP contribution in [0, 0.1) is 39.9 Å². The van der Waals surface area contributed by atoms with Crippen LogP contribution in [0.3, 0.4) is 0 Å². The topological polar surface area (TPSA) is 71.4 Å². The highest BCUT2D eigenvalue weighted by Gasteiger charge is 2.68. The molecule has 1 aliphatic heterocycles. The molecule has 226 valence electrons. The Kier molecular flexibility index (Phi) is 9.14. The Bertz CT molecular complexity index is 921. The van der Waals surface area contributed by atoms with Gasteiger partial charge in [-0.3, -0.25) is 0 Å². The molecule has 0 radical (unpaired) electrons. The van der Waals surface area contributed by atoms with Gasteiger partial charge in [-0.2, -0.15) is 0 Å². The standard InChI is InChI=1S/C33H55N3O4/c1-30-14-15-32(24-37,39-20-7-18-36-16-5-6-17-36)22-26(30)8-9-29-28(30)11-12-31(2)27(10-13-33(29,31)25-38)23-34-40-21-19-35(3)4/h23-29H,5-22H2,1-4H3/b34-23+/t26-,27-,28+,29-,30+,31-,32+,33?/m1/s1. The number of hydrogen-bond acceptors (Lipinski definition) is 7. The summed E-state index contributed by atoms with van der Waals surface area (Å²) in [6.45, 7) is 10.5. The summed E-state index contributed by atoms with van der Waals surface area (Å²) in [4.78, 5) is 35.8. The molecule has 1 saturated heterocycles. The number of ether oxygens (including phenoxy) is 1. The predicted molar refractivity (Wildman–Crippen MR) is 158 cm³/mol. The van der Waals surface area contributed by atoms with Gasteiger partial charge in [-0.25, -0.2) is 0 Å². The van der Waals surface area contributed by atoms with E-state index in [1.807, 2.05) is 20.3 Å². The Morgan fingerprint density at radius 2 is 1.73 bits per heavy atom. The number of rotatable bonds is 12. The second-order valence-corrected chi connectivity index (χ2v) is 14.8. The van der Waals surface area contributed by atoms with Crippen LogP contribution in [-0.4, -0.2) is 87.7 Å². The van der Waals surface area contributed by atoms with E-state index < -0.39 is 5.60 Å². The van der Waals surface area contributed by atoms with Crippen LogP contribution in [0.1, 0.15) is 90.9 Å². The number of fused-ring (bicyclic) bond motifs is 5. The molecular formula is C33H55N3O4. The Morgan fingerprint density at radius 3 is 2.45 bits per heavy atom. The summed E-state index contributed by atoms with van der Waals surface area (Å²) in [5, 5.41) is 4.37. The Balaban J connectivity index is 1.24. The highest BCUT2D eigenvalue weighted by atomic mass is 16.6. The summed E-state index contributed by atoms with van der Waals surface area (Å²) in [7, 11) is 4.07. The van der Waals surface area contributed by atoms with Crippen molar-refractivity contribution in [2.75, 3.05) is 53.5 Å². The van der Waals surface area contributed by atoms with Crippen LogP contribution < -0.4 is 0 Å². The number of nitrogens with zero attached hydrogens (tertiary/aromatic N) is 3. The molecule has 5 aliphatic rings. The van der Waals surface area contributed by atoms with Crippen molar-refractivity contribution >= 4 is 18.8 Å². The molecule has 7 nitrogen and oxygen atoms in total. The Morgan fingerprint density at radius 1 is 0.925 bits per heavy atom. The van der Waals surface area contributed by atoms with Crippen LogP contribution in [-0.2, 0) is 19.2 Å². The van der Waals surface area contributed by atoms with E-state index in [1.165, 1.54) is 38.6 Å². The van der Waals surface area contributed by atoms with Gasteiger partial charge in [0.05, 0.1) is 0 Å². The van der Waals surface area contributed by atoms with E-state index >= 15 is 0 Å². The van der Waals surface area contributed by atoms with Crippen LogP contribution >= 0.6 is 0 Å². The van der Waals surface area contributed by atoms with Gasteiger partial charge in [0.25, 0.3) is 0 Å². The van der Waals surface area contributed by atoms with Gasteiger partial charge in [0.2, 0.25) is 0 Å². The van der Waals surface area contributed by atoms with Crippen LogP contribution in [0.4, 0.5) is 0 Å². The molecule has 0 aromatic carbocycles. The smallest absolute Gasteiger partial charge is 0.151 e. The first-order valence-electron chi connectivity index (χ1n) is 16.3. The molecule has 0 N–H and O–H groups in total. The molecule has 0 aromatic rings. The van der Waals surface area contributed by atoms with Gasteiger partial charge in [-0.15, -0.1) is 0 Å². The molecule has 0 aromatic heterocycles. The van der Waals surface area contributed by atoms with E-state index in [1.54, 1.807) is 0 Å². The largest absolute Gasteiger partial charge is 0.395 e. The van der Waals surface area contributed by atoms with Crippen molar-refractivity contribution in [1.29, 1.82) is 0 Å². The molecule has 1 unspecified atom stereocenters. The molecule has 0 spiro atoms. The Labute approximate surface area is 242 Å². The maximum absolute atomic E-state index is 13.1. The fourth-order valence-corrected chi connectivity index (χ4v) is 10.1. The van der Waals surface area contributed by atoms with Gasteiger partial charge in [0.15, 0.2) is 6.29 Å². The van der Waals surface area contributed by atoms with Crippen molar-refractivity contribution in [2.45, 2.75) is 96.5 Å². The number of likely N-dealkylation sites (tertiary alicyclic amines) is 1. The first-order chi connectivity index (χ1) is 19.2. The molecule has 8 atom stereocenters. The van der Waals surface area contributed by atoms with E-state index in [-0.39, 0.29) is 22.2 Å². The third kappa shape index (κ3) is 5.32. The Hall–Kier alpha value is -1.31. The van der Waals surface area contributed by atoms with E-state index in [0.29, 0.717) is 31.0 Å². The summed E-state index contributed by atoms with van der Waals surface area (Å²) in [6.07, 6.45) is 17.3. The van der Waals surface area contributed by atoms with E-state index in [9.17, 15) is 9.59 Å². The maximum Gasteiger partial charge on any atom is 0.151 e. The molecule has 0 bridgehead atoms. The molecule has 1 heterocycles. The van der Waals surface area contributed by atoms with Gasteiger partial charge in [0.1, 0.15) is 18.5 Å². The number of hydrogen-bond donors (Lipinski definition) is 0. The van der Waals surface area contributed by atoms with Gasteiger partial charge in [0, 0.05) is 37.2 Å². The van der Waals surface area contributed by atoms with Crippen molar-refractivity contribution in [3.8, 4) is 0 Å². The average molecular weight is 558 g/mol. The average Bonchev–Trinajstić information content (AvgIpc) is 3.57. The zero-order valence-corrected chi connectivity index (χ0v) is 25.7. The minimum absolute atomic E-state index is 0.0623. The van der Waals surface area contributed by atoms with Gasteiger partial charge in [-0.1, -0.05) is 19.0 Å². The van der Waals surface area contributed by atoms with Crippen LogP contribution in [0.2, 0.25) is 0 Å². The van der Waals surface area contributed by atoms with Crippen LogP contribution in [0.25, 0.3) is 0 Å². The fourth-order valence-electron chi connectivity index (χ4n) is 10.1. The highest BCUT2D eigenvalue weighted by molar-refractivity contribution is 5.70. The van der Waals surface area contributed by atoms with Crippen molar-refractivity contribution in [1.82, 2.24) is 9.80 Å². The predicted octanol–water partition coefficient (Wildman–Crippen LogP) is 5.22. The van der Waals surface area contributed by atoms with Crippen LogP contribution in [0.5, 0.6) is 0 Å². The second-order valence-electron chi connectivity index (χ2n) is 14.8. The minimum atomic E-state index is -0.616. The summed E-state index contributed by atoms with van der Waals surface area (Å²) >= 11 is 0. The van der Waals surface area contributed by atoms with E-state index in [0.717, 1.165) is 77.2 Å². The summed E-state index contributed by atoms with van der Waals surface area (Å²) in [5.74, 6) is 1.73. The molecule has 7 heteroatoms. The van der Waals surface area contributed by atoms with Crippen molar-refractivity contribution in [2.24, 2.45) is 45.1 Å². The third-order valence-corrected chi connectivity index (χ3v) is 12.7. The zero-order valence-electron chi connectivity index (χ0n) is 25.7. The lowest BCUT2D eigenvalue weighted by atomic mass is 9.40. The van der Waals surface area contributed by atoms with Crippen molar-refractivity contribution in [3.05, 3.63) is 0 Å². The number of carbonyl (C=O) groups excluding carboxylic acids is 2. The maximum atomic E-state index is 13.1. The molecule has 0 amide bonds. The highest BCUT2D eigenvalue weighted by Crippen LogP contribution is 2.72. The normalized spacial score (nSPS) is 43.4. The van der Waals surface area contributed by atoms with Crippen molar-refractivity contribution < 1.29 is 19.2 Å². The lowest BCUT2D eigenvalue weighted by Gasteiger charge is -2.64. The van der Waals surface area contributed by atoms with E-state index in [4.69, 9.17) is 9.57 Å². The van der Waals surface area contributed by atoms with Crippen molar-refractivity contribution in [3.63, 3.8) is 0 Å². The molecule has 5 fully saturated rings. The second kappa shape index (κ2) is 12.1. The number of aldehydes is 2. The minimum Gasteiger partial charge on any atom is -0.395 e. The monoisotopic (exact) mass is 557 g/mol. The summed E-state index contributed by atoms with van der Waals surface area (Å²) in [5.41, 5.74) is -0.787. The number of carbonyl (C=O) groups is 2. The van der Waals surface area contributed by atoms with Gasteiger partial charge in [-0.05, 0) is 133 Å².